The Morgan fingerprint density at radius 1 is 1.03 bits per heavy atom. The summed E-state index contributed by atoms with van der Waals surface area (Å²) < 4.78 is 31.4. The molecule has 1 atom stereocenters. The van der Waals surface area contributed by atoms with E-state index in [0.29, 0.717) is 5.02 Å². The maximum absolute atomic E-state index is 13.1. The molecule has 0 bridgehead atoms. The van der Waals surface area contributed by atoms with Crippen LogP contribution in [0, 0.1) is 0 Å². The number of benzene rings is 1. The molecule has 1 unspecified atom stereocenters. The summed E-state index contributed by atoms with van der Waals surface area (Å²) in [5.74, 6) is -1.62. The van der Waals surface area contributed by atoms with Gasteiger partial charge >= 0.3 is 11.8 Å². The first-order valence-electron chi connectivity index (χ1n) is 8.49. The molecule has 2 N–H and O–H groups in total. The van der Waals surface area contributed by atoms with Crippen molar-refractivity contribution in [2.24, 2.45) is 0 Å². The van der Waals surface area contributed by atoms with Gasteiger partial charge in [0.1, 0.15) is 11.0 Å². The van der Waals surface area contributed by atoms with E-state index in [1.807, 2.05) is 17.5 Å². The molecule has 0 aliphatic rings. The van der Waals surface area contributed by atoms with E-state index in [4.69, 9.17) is 16.0 Å². The zero-order chi connectivity index (χ0) is 20.9. The van der Waals surface area contributed by atoms with E-state index < -0.39 is 26.9 Å². The van der Waals surface area contributed by atoms with Crippen molar-refractivity contribution < 1.29 is 22.4 Å². The molecule has 7 nitrogen and oxygen atoms in total. The summed E-state index contributed by atoms with van der Waals surface area (Å²) in [5.41, 5.74) is 0. The van der Waals surface area contributed by atoms with Crippen LogP contribution < -0.4 is 10.6 Å². The van der Waals surface area contributed by atoms with Crippen LogP contribution in [0.15, 0.2) is 69.5 Å². The minimum Gasteiger partial charge on any atom is -0.468 e. The van der Waals surface area contributed by atoms with Crippen LogP contribution in [0.2, 0.25) is 5.02 Å². The van der Waals surface area contributed by atoms with Gasteiger partial charge in [0, 0.05) is 16.4 Å². The molecule has 2 amide bonds. The van der Waals surface area contributed by atoms with Gasteiger partial charge in [0.25, 0.3) is 0 Å². The topological polar surface area (TPSA) is 105 Å². The first kappa shape index (κ1) is 21.1. The molecule has 0 radical (unpaired) electrons. The van der Waals surface area contributed by atoms with Crippen LogP contribution in [0.4, 0.5) is 0 Å². The van der Waals surface area contributed by atoms with Crippen molar-refractivity contribution in [3.8, 4) is 0 Å². The van der Waals surface area contributed by atoms with E-state index in [0.717, 1.165) is 4.88 Å². The average Bonchev–Trinajstić information content (AvgIpc) is 3.40. The summed E-state index contributed by atoms with van der Waals surface area (Å²) in [5, 5.41) is 5.92. The van der Waals surface area contributed by atoms with Crippen molar-refractivity contribution >= 4 is 44.6 Å². The minimum absolute atomic E-state index is 0.0275. The lowest BCUT2D eigenvalue weighted by Crippen LogP contribution is -2.41. The second-order valence-electron chi connectivity index (χ2n) is 5.98. The Balaban J connectivity index is 1.70. The molecule has 152 valence electrons. The maximum Gasteiger partial charge on any atom is 0.309 e. The number of thiophene rings is 1. The Bertz CT molecular complexity index is 1060. The highest BCUT2D eigenvalue weighted by Crippen LogP contribution is 2.29. The van der Waals surface area contributed by atoms with Crippen molar-refractivity contribution in [3.63, 3.8) is 0 Å². The van der Waals surface area contributed by atoms with Gasteiger partial charge in [0.05, 0.1) is 17.7 Å². The van der Waals surface area contributed by atoms with Gasteiger partial charge < -0.3 is 15.1 Å². The number of halogens is 1. The van der Waals surface area contributed by atoms with Crippen LogP contribution >= 0.6 is 22.9 Å². The monoisotopic (exact) mass is 452 g/mol. The Labute approximate surface area is 176 Å². The second kappa shape index (κ2) is 9.25. The third-order valence-electron chi connectivity index (χ3n) is 4.03. The minimum atomic E-state index is -3.91. The van der Waals surface area contributed by atoms with Crippen molar-refractivity contribution in [2.45, 2.75) is 16.7 Å². The number of hydrogen-bond donors (Lipinski definition) is 2. The lowest BCUT2D eigenvalue weighted by Gasteiger charge is -2.16. The number of rotatable bonds is 7. The third kappa shape index (κ3) is 5.26. The normalized spacial score (nSPS) is 12.3. The molecule has 10 heteroatoms. The zero-order valence-electron chi connectivity index (χ0n) is 15.0. The second-order valence-corrected chi connectivity index (χ2v) is 9.57. The fourth-order valence-electron chi connectivity index (χ4n) is 2.55. The van der Waals surface area contributed by atoms with Gasteiger partial charge in [0.2, 0.25) is 0 Å². The molecule has 3 rings (SSSR count). The van der Waals surface area contributed by atoms with Crippen LogP contribution in [-0.4, -0.2) is 26.8 Å². The van der Waals surface area contributed by atoms with E-state index >= 15 is 0 Å². The number of carbonyl (C=O) groups excluding carboxylic acids is 2. The number of carbonyl (C=O) groups is 2. The summed E-state index contributed by atoms with van der Waals surface area (Å²) in [6.07, 6.45) is 1.34. The quantitative estimate of drug-likeness (QED) is 0.536. The predicted molar refractivity (Wildman–Crippen MR) is 109 cm³/mol. The Morgan fingerprint density at radius 2 is 1.76 bits per heavy atom. The molecular formula is C19H17ClN2O5S2. The Hall–Kier alpha value is -2.62. The summed E-state index contributed by atoms with van der Waals surface area (Å²) in [6, 6.07) is 12.4. The van der Waals surface area contributed by atoms with Crippen LogP contribution in [0.25, 0.3) is 0 Å². The molecule has 2 aromatic heterocycles. The molecule has 0 aliphatic heterocycles. The standard InChI is InChI=1S/C19H17ClN2O5S2/c20-13-5-7-15(8-6-13)29(25,26)17(16-4-1-9-27-16)12-22-19(24)18(23)21-11-14-3-2-10-28-14/h1-10,17H,11-12H2,(H,21,23)(H,22,24). The Kier molecular flexibility index (Phi) is 6.73. The number of amides is 2. The third-order valence-corrected chi connectivity index (χ3v) is 7.24. The smallest absolute Gasteiger partial charge is 0.309 e. The zero-order valence-corrected chi connectivity index (χ0v) is 17.4. The molecule has 0 saturated carbocycles. The van der Waals surface area contributed by atoms with Gasteiger partial charge in [-0.3, -0.25) is 9.59 Å². The van der Waals surface area contributed by atoms with E-state index in [1.165, 1.54) is 47.9 Å². The SMILES string of the molecule is O=C(NCc1cccs1)C(=O)NCC(c1ccco1)S(=O)(=O)c1ccc(Cl)cc1. The van der Waals surface area contributed by atoms with Gasteiger partial charge in [-0.25, -0.2) is 8.42 Å². The first-order valence-corrected chi connectivity index (χ1v) is 11.3. The van der Waals surface area contributed by atoms with E-state index in [9.17, 15) is 18.0 Å². The van der Waals surface area contributed by atoms with E-state index in [1.54, 1.807) is 6.07 Å². The van der Waals surface area contributed by atoms with Gasteiger partial charge in [-0.1, -0.05) is 17.7 Å². The molecule has 0 fully saturated rings. The maximum atomic E-state index is 13.1. The highest BCUT2D eigenvalue weighted by atomic mass is 35.5. The van der Waals surface area contributed by atoms with Crippen LogP contribution in [0.5, 0.6) is 0 Å². The van der Waals surface area contributed by atoms with Gasteiger partial charge in [-0.05, 0) is 47.8 Å². The summed E-state index contributed by atoms with van der Waals surface area (Å²) in [6.45, 7) is -0.113. The number of nitrogens with one attached hydrogen (secondary N) is 2. The predicted octanol–water partition coefficient (Wildman–Crippen LogP) is 2.94. The van der Waals surface area contributed by atoms with E-state index in [-0.39, 0.29) is 23.7 Å². The fraction of sp³-hybridized carbons (Fsp3) is 0.158. The van der Waals surface area contributed by atoms with Crippen LogP contribution in [0.1, 0.15) is 15.9 Å². The number of furan rings is 1. The Morgan fingerprint density at radius 3 is 2.38 bits per heavy atom. The van der Waals surface area contributed by atoms with Gasteiger partial charge in [0.15, 0.2) is 9.84 Å². The number of sulfone groups is 1. The molecular weight excluding hydrogens is 436 g/mol. The molecule has 3 aromatic rings. The largest absolute Gasteiger partial charge is 0.468 e. The van der Waals surface area contributed by atoms with E-state index in [2.05, 4.69) is 10.6 Å². The summed E-state index contributed by atoms with van der Waals surface area (Å²) in [7, 11) is -3.91. The number of hydrogen-bond acceptors (Lipinski definition) is 6. The van der Waals surface area contributed by atoms with Crippen molar-refractivity contribution in [3.05, 3.63) is 75.8 Å². The van der Waals surface area contributed by atoms with Crippen molar-refractivity contribution in [1.82, 2.24) is 10.6 Å². The molecule has 0 aliphatic carbocycles. The van der Waals surface area contributed by atoms with Crippen LogP contribution in [0.3, 0.4) is 0 Å². The average molecular weight is 453 g/mol. The lowest BCUT2D eigenvalue weighted by atomic mass is 10.3. The van der Waals surface area contributed by atoms with Crippen molar-refractivity contribution in [2.75, 3.05) is 6.54 Å². The van der Waals surface area contributed by atoms with Crippen LogP contribution in [-0.2, 0) is 26.0 Å². The molecule has 1 aromatic carbocycles. The molecule has 0 saturated heterocycles. The highest BCUT2D eigenvalue weighted by Gasteiger charge is 2.32. The summed E-state index contributed by atoms with van der Waals surface area (Å²) in [4.78, 5) is 25.0. The van der Waals surface area contributed by atoms with Gasteiger partial charge in [-0.2, -0.15) is 0 Å². The molecule has 2 heterocycles. The highest BCUT2D eigenvalue weighted by molar-refractivity contribution is 7.91. The van der Waals surface area contributed by atoms with Gasteiger partial charge in [-0.15, -0.1) is 11.3 Å². The summed E-state index contributed by atoms with van der Waals surface area (Å²) >= 11 is 7.28. The molecule has 0 spiro atoms. The lowest BCUT2D eigenvalue weighted by molar-refractivity contribution is -0.139. The molecule has 29 heavy (non-hydrogen) atoms. The first-order chi connectivity index (χ1) is 13.9. The fourth-order valence-corrected chi connectivity index (χ4v) is 4.91. The van der Waals surface area contributed by atoms with Crippen molar-refractivity contribution in [1.29, 1.82) is 0 Å².